The predicted octanol–water partition coefficient (Wildman–Crippen LogP) is 3.24. The molecule has 1 aromatic carbocycles. The first kappa shape index (κ1) is 14.8. The second kappa shape index (κ2) is 6.69. The summed E-state index contributed by atoms with van der Waals surface area (Å²) in [6.07, 6.45) is 0. The molecule has 0 atom stereocenters. The number of hydrogen-bond donors (Lipinski definition) is 1. The molecule has 0 aliphatic carbocycles. The minimum Gasteiger partial charge on any atom is -0.353 e. The highest BCUT2D eigenvalue weighted by Crippen LogP contribution is 2.35. The molecule has 0 unspecified atom stereocenters. The monoisotopic (exact) mass is 358 g/mol. The van der Waals surface area contributed by atoms with Crippen molar-refractivity contribution in [3.05, 3.63) is 28.2 Å². The van der Waals surface area contributed by atoms with Crippen molar-refractivity contribution in [2.24, 2.45) is 0 Å². The van der Waals surface area contributed by atoms with E-state index < -0.39 is 0 Å². The molecule has 1 aromatic heterocycles. The van der Waals surface area contributed by atoms with Gasteiger partial charge in [-0.2, -0.15) is 0 Å². The van der Waals surface area contributed by atoms with Crippen molar-refractivity contribution in [3.8, 4) is 0 Å². The molecule has 1 heterocycles. The Labute approximate surface area is 129 Å². The first-order chi connectivity index (χ1) is 9.10. The van der Waals surface area contributed by atoms with Crippen molar-refractivity contribution in [2.75, 3.05) is 26.0 Å². The third kappa shape index (κ3) is 3.92. The lowest BCUT2D eigenvalue weighted by molar-refractivity contribution is 0.802. The largest absolute Gasteiger partial charge is 0.353 e. The van der Waals surface area contributed by atoms with Crippen LogP contribution in [0, 0.1) is 0 Å². The molecule has 4 nitrogen and oxygen atoms in total. The van der Waals surface area contributed by atoms with Crippen LogP contribution in [-0.4, -0.2) is 31.3 Å². The highest BCUT2D eigenvalue weighted by Gasteiger charge is 2.10. The highest BCUT2D eigenvalue weighted by molar-refractivity contribution is 9.10. The van der Waals surface area contributed by atoms with Gasteiger partial charge in [0.2, 0.25) is 5.13 Å². The molecular weight excluding hydrogens is 344 g/mol. The molecule has 0 aliphatic heterocycles. The van der Waals surface area contributed by atoms with Gasteiger partial charge >= 0.3 is 0 Å². The van der Waals surface area contributed by atoms with Crippen LogP contribution >= 0.6 is 39.0 Å². The van der Waals surface area contributed by atoms with Crippen LogP contribution in [-0.2, 0) is 6.54 Å². The highest BCUT2D eigenvalue weighted by atomic mass is 79.9. The van der Waals surface area contributed by atoms with Crippen molar-refractivity contribution in [1.82, 2.24) is 15.5 Å². The number of nitrogens with one attached hydrogen (secondary N) is 1. The molecule has 0 fully saturated rings. The van der Waals surface area contributed by atoms with Gasteiger partial charge in [-0.25, -0.2) is 0 Å². The third-order valence-electron chi connectivity index (χ3n) is 2.37. The topological polar surface area (TPSA) is 41.1 Å². The maximum absolute atomic E-state index is 4.21. The van der Waals surface area contributed by atoms with Crippen LogP contribution in [0.3, 0.4) is 0 Å². The van der Waals surface area contributed by atoms with Crippen LogP contribution in [0.15, 0.2) is 31.9 Å². The zero-order valence-corrected chi connectivity index (χ0v) is 14.2. The summed E-state index contributed by atoms with van der Waals surface area (Å²) in [7, 11) is 5.90. The van der Waals surface area contributed by atoms with Crippen LogP contribution in [0.1, 0.15) is 5.56 Å². The van der Waals surface area contributed by atoms with Crippen molar-refractivity contribution < 1.29 is 0 Å². The summed E-state index contributed by atoms with van der Waals surface area (Å²) in [5.74, 6) is 0. The first-order valence-corrected chi connectivity index (χ1v) is 8.14. The standard InChI is InChI=1S/C12H15BrN4S2/c1-14-7-8-6-9(13)4-5-10(8)18-12-16-15-11(19-12)17(2)3/h4-6,14H,7H2,1-3H3. The summed E-state index contributed by atoms with van der Waals surface area (Å²) >= 11 is 6.77. The molecule has 2 rings (SSSR count). The van der Waals surface area contributed by atoms with Gasteiger partial charge in [0.1, 0.15) is 0 Å². The normalized spacial score (nSPS) is 10.7. The van der Waals surface area contributed by atoms with Crippen LogP contribution < -0.4 is 10.2 Å². The third-order valence-corrected chi connectivity index (χ3v) is 5.12. The number of hydrogen-bond acceptors (Lipinski definition) is 6. The van der Waals surface area contributed by atoms with E-state index in [1.165, 1.54) is 10.5 Å². The first-order valence-electron chi connectivity index (χ1n) is 5.72. The number of rotatable bonds is 5. The molecule has 2 aromatic rings. The average molecular weight is 359 g/mol. The van der Waals surface area contributed by atoms with E-state index in [-0.39, 0.29) is 0 Å². The molecule has 0 spiro atoms. The Balaban J connectivity index is 2.21. The Morgan fingerprint density at radius 3 is 2.79 bits per heavy atom. The number of nitrogens with zero attached hydrogens (tertiary/aromatic N) is 3. The van der Waals surface area contributed by atoms with E-state index in [1.54, 1.807) is 23.1 Å². The lowest BCUT2D eigenvalue weighted by Crippen LogP contribution is -2.07. The van der Waals surface area contributed by atoms with Gasteiger partial charge in [-0.3, -0.25) is 0 Å². The molecule has 7 heteroatoms. The van der Waals surface area contributed by atoms with E-state index >= 15 is 0 Å². The van der Waals surface area contributed by atoms with Crippen molar-refractivity contribution in [3.63, 3.8) is 0 Å². The second-order valence-corrected chi connectivity index (χ2v) is 7.29. The molecule has 0 saturated heterocycles. The zero-order chi connectivity index (χ0) is 13.8. The Kier molecular flexibility index (Phi) is 5.20. The number of anilines is 1. The smallest absolute Gasteiger partial charge is 0.208 e. The summed E-state index contributed by atoms with van der Waals surface area (Å²) in [5.41, 5.74) is 1.25. The van der Waals surface area contributed by atoms with Gasteiger partial charge in [0.05, 0.1) is 0 Å². The molecular formula is C12H15BrN4S2. The van der Waals surface area contributed by atoms with E-state index in [2.05, 4.69) is 49.6 Å². The van der Waals surface area contributed by atoms with Gasteiger partial charge < -0.3 is 10.2 Å². The second-order valence-electron chi connectivity index (χ2n) is 4.13. The Hall–Kier alpha value is -0.630. The molecule has 0 bridgehead atoms. The van der Waals surface area contributed by atoms with Gasteiger partial charge in [0.15, 0.2) is 4.34 Å². The zero-order valence-electron chi connectivity index (χ0n) is 11.0. The Bertz CT molecular complexity index is 556. The summed E-state index contributed by atoms with van der Waals surface area (Å²) in [6.45, 7) is 0.834. The van der Waals surface area contributed by atoms with Crippen molar-refractivity contribution >= 4 is 44.2 Å². The van der Waals surface area contributed by atoms with Gasteiger partial charge in [-0.1, -0.05) is 39.0 Å². The average Bonchev–Trinajstić information content (AvgIpc) is 2.82. The van der Waals surface area contributed by atoms with E-state index in [4.69, 9.17) is 0 Å². The summed E-state index contributed by atoms with van der Waals surface area (Å²) < 4.78 is 2.05. The van der Waals surface area contributed by atoms with Crippen LogP contribution in [0.2, 0.25) is 0 Å². The number of halogens is 1. The van der Waals surface area contributed by atoms with E-state index in [0.717, 1.165) is 20.5 Å². The Morgan fingerprint density at radius 2 is 2.16 bits per heavy atom. The Morgan fingerprint density at radius 1 is 1.37 bits per heavy atom. The molecule has 0 amide bonds. The van der Waals surface area contributed by atoms with Crippen LogP contribution in [0.5, 0.6) is 0 Å². The maximum atomic E-state index is 4.21. The van der Waals surface area contributed by atoms with E-state index in [1.807, 2.05) is 26.0 Å². The molecule has 19 heavy (non-hydrogen) atoms. The van der Waals surface area contributed by atoms with Gasteiger partial charge in [0, 0.05) is 30.0 Å². The molecule has 0 aliphatic rings. The molecule has 1 N–H and O–H groups in total. The molecule has 0 radical (unpaired) electrons. The quantitative estimate of drug-likeness (QED) is 0.888. The van der Waals surface area contributed by atoms with E-state index in [0.29, 0.717) is 0 Å². The lowest BCUT2D eigenvalue weighted by Gasteiger charge is -2.07. The van der Waals surface area contributed by atoms with Gasteiger partial charge in [0.25, 0.3) is 0 Å². The van der Waals surface area contributed by atoms with Gasteiger partial charge in [-0.05, 0) is 30.8 Å². The molecule has 0 saturated carbocycles. The lowest BCUT2D eigenvalue weighted by atomic mass is 10.2. The predicted molar refractivity (Wildman–Crippen MR) is 85.3 cm³/mol. The van der Waals surface area contributed by atoms with Crippen molar-refractivity contribution in [1.29, 1.82) is 0 Å². The minimum absolute atomic E-state index is 0.834. The molecule has 102 valence electrons. The maximum Gasteiger partial charge on any atom is 0.208 e. The minimum atomic E-state index is 0.834. The SMILES string of the molecule is CNCc1cc(Br)ccc1Sc1nnc(N(C)C)s1. The fraction of sp³-hybridized carbons (Fsp3) is 0.333. The van der Waals surface area contributed by atoms with Crippen LogP contribution in [0.25, 0.3) is 0 Å². The summed E-state index contributed by atoms with van der Waals surface area (Å²) in [6, 6.07) is 6.29. The summed E-state index contributed by atoms with van der Waals surface area (Å²) in [4.78, 5) is 3.18. The van der Waals surface area contributed by atoms with E-state index in [9.17, 15) is 0 Å². The summed E-state index contributed by atoms with van der Waals surface area (Å²) in [5, 5.41) is 12.5. The van der Waals surface area contributed by atoms with Crippen molar-refractivity contribution in [2.45, 2.75) is 15.8 Å². The fourth-order valence-electron chi connectivity index (χ4n) is 1.49. The van der Waals surface area contributed by atoms with Gasteiger partial charge in [-0.15, -0.1) is 10.2 Å². The number of aromatic nitrogens is 2. The van der Waals surface area contributed by atoms with Crippen LogP contribution in [0.4, 0.5) is 5.13 Å². The number of benzene rings is 1. The fourth-order valence-corrected chi connectivity index (χ4v) is 3.73.